The molecule has 3 aromatic rings. The molecular formula is C20H17ClF2N2O4. The Morgan fingerprint density at radius 3 is 2.59 bits per heavy atom. The number of aromatic nitrogens is 1. The highest BCUT2D eigenvalue weighted by atomic mass is 35.5. The van der Waals surface area contributed by atoms with Crippen LogP contribution in [0.1, 0.15) is 34.5 Å². The molecule has 0 aliphatic carbocycles. The van der Waals surface area contributed by atoms with E-state index in [4.69, 9.17) is 16.7 Å². The molecule has 0 spiro atoms. The Labute approximate surface area is 169 Å². The van der Waals surface area contributed by atoms with Crippen LogP contribution >= 0.6 is 11.6 Å². The highest BCUT2D eigenvalue weighted by Gasteiger charge is 2.30. The van der Waals surface area contributed by atoms with Crippen molar-refractivity contribution in [2.45, 2.75) is 19.8 Å². The summed E-state index contributed by atoms with van der Waals surface area (Å²) in [7, 11) is 0. The molecule has 0 unspecified atom stereocenters. The van der Waals surface area contributed by atoms with Crippen LogP contribution in [-0.4, -0.2) is 33.3 Å². The molecule has 152 valence electrons. The van der Waals surface area contributed by atoms with Gasteiger partial charge in [-0.05, 0) is 37.6 Å². The van der Waals surface area contributed by atoms with Crippen LogP contribution in [0.4, 0.5) is 8.78 Å². The molecule has 1 atom stereocenters. The normalized spacial score (nSPS) is 12.2. The van der Waals surface area contributed by atoms with Crippen molar-refractivity contribution in [1.82, 2.24) is 9.88 Å². The third kappa shape index (κ3) is 3.45. The fourth-order valence-corrected chi connectivity index (χ4v) is 3.61. The van der Waals surface area contributed by atoms with E-state index in [9.17, 15) is 23.5 Å². The molecule has 0 aliphatic heterocycles. The average Bonchev–Trinajstić information content (AvgIpc) is 2.97. The van der Waals surface area contributed by atoms with E-state index in [1.54, 1.807) is 12.1 Å². The number of nitrogens with zero attached hydrogens (tertiary/aromatic N) is 1. The van der Waals surface area contributed by atoms with Crippen LogP contribution < -0.4 is 5.32 Å². The van der Waals surface area contributed by atoms with Gasteiger partial charge in [0, 0.05) is 27.7 Å². The molecule has 1 heterocycles. The minimum absolute atomic E-state index is 0.0918. The lowest BCUT2D eigenvalue weighted by Crippen LogP contribution is -2.29. The lowest BCUT2D eigenvalue weighted by Gasteiger charge is -2.13. The van der Waals surface area contributed by atoms with Gasteiger partial charge in [-0.15, -0.1) is 0 Å². The first-order valence-corrected chi connectivity index (χ1v) is 8.97. The van der Waals surface area contributed by atoms with Crippen molar-refractivity contribution in [3.63, 3.8) is 0 Å². The van der Waals surface area contributed by atoms with Crippen LogP contribution in [-0.2, 0) is 4.79 Å². The Kier molecular flexibility index (Phi) is 5.59. The van der Waals surface area contributed by atoms with Crippen LogP contribution in [0, 0.1) is 18.6 Å². The standard InChI is InChI=1S/C20H17ClF2N2O4/c1-9(19(28)24-8-26)15-10(2)25(20(29)11-4-3-5-12(21)6-11)14-7-13(22)18(27)17(23)16(14)15/h3-7,9,26-27H,8H2,1-2H3,(H,24,28)/t9-/m1/s1. The molecule has 3 N–H and O–H groups in total. The zero-order valence-corrected chi connectivity index (χ0v) is 16.2. The van der Waals surface area contributed by atoms with E-state index in [0.29, 0.717) is 5.02 Å². The summed E-state index contributed by atoms with van der Waals surface area (Å²) in [5.41, 5.74) is 0.313. The second kappa shape index (κ2) is 7.81. The van der Waals surface area contributed by atoms with E-state index in [1.807, 2.05) is 0 Å². The molecule has 6 nitrogen and oxygen atoms in total. The summed E-state index contributed by atoms with van der Waals surface area (Å²) in [6, 6.07) is 6.87. The number of aromatic hydroxyl groups is 1. The van der Waals surface area contributed by atoms with Gasteiger partial charge >= 0.3 is 0 Å². The largest absolute Gasteiger partial charge is 0.503 e. The number of benzene rings is 2. The van der Waals surface area contributed by atoms with E-state index >= 15 is 0 Å². The van der Waals surface area contributed by atoms with Crippen molar-refractivity contribution in [1.29, 1.82) is 0 Å². The highest BCUT2D eigenvalue weighted by molar-refractivity contribution is 6.31. The van der Waals surface area contributed by atoms with Gasteiger partial charge in [0.15, 0.2) is 17.4 Å². The predicted molar refractivity (Wildman–Crippen MR) is 103 cm³/mol. The number of hydrogen-bond acceptors (Lipinski definition) is 4. The Morgan fingerprint density at radius 2 is 1.97 bits per heavy atom. The number of phenolic OH excluding ortho intramolecular Hbond substituents is 1. The highest BCUT2D eigenvalue weighted by Crippen LogP contribution is 2.38. The van der Waals surface area contributed by atoms with Gasteiger partial charge in [0.1, 0.15) is 6.73 Å². The number of halogens is 3. The summed E-state index contributed by atoms with van der Waals surface area (Å²) in [6.45, 7) is 2.29. The number of amides is 1. The molecule has 0 fully saturated rings. The maximum Gasteiger partial charge on any atom is 0.262 e. The number of carbonyl (C=O) groups excluding carboxylic acids is 2. The first-order valence-electron chi connectivity index (χ1n) is 8.59. The summed E-state index contributed by atoms with van der Waals surface area (Å²) < 4.78 is 30.0. The van der Waals surface area contributed by atoms with E-state index in [1.165, 1.54) is 26.0 Å². The van der Waals surface area contributed by atoms with Crippen molar-refractivity contribution in [2.75, 3.05) is 6.73 Å². The first-order chi connectivity index (χ1) is 13.7. The minimum atomic E-state index is -1.28. The molecule has 0 saturated carbocycles. The van der Waals surface area contributed by atoms with Gasteiger partial charge in [-0.3, -0.25) is 14.2 Å². The van der Waals surface area contributed by atoms with Gasteiger partial charge in [0.25, 0.3) is 5.91 Å². The third-order valence-corrected chi connectivity index (χ3v) is 5.00. The first kappa shape index (κ1) is 20.8. The molecule has 0 bridgehead atoms. The maximum atomic E-state index is 14.8. The van der Waals surface area contributed by atoms with Gasteiger partial charge in [-0.25, -0.2) is 8.78 Å². The van der Waals surface area contributed by atoms with Crippen LogP contribution in [0.2, 0.25) is 5.02 Å². The third-order valence-electron chi connectivity index (χ3n) is 4.76. The quantitative estimate of drug-likeness (QED) is 0.562. The van der Waals surface area contributed by atoms with E-state index in [2.05, 4.69) is 5.32 Å². The minimum Gasteiger partial charge on any atom is -0.503 e. The fraction of sp³-hybridized carbons (Fsp3) is 0.200. The number of rotatable bonds is 4. The topological polar surface area (TPSA) is 91.6 Å². The van der Waals surface area contributed by atoms with Crippen LogP contribution in [0.25, 0.3) is 10.9 Å². The van der Waals surface area contributed by atoms with Gasteiger partial charge < -0.3 is 15.5 Å². The molecule has 0 aliphatic rings. The number of aliphatic hydroxyl groups is 1. The Morgan fingerprint density at radius 1 is 1.28 bits per heavy atom. The van der Waals surface area contributed by atoms with Crippen molar-refractivity contribution in [3.05, 3.63) is 63.8 Å². The molecule has 2 aromatic carbocycles. The SMILES string of the molecule is Cc1c([C@@H](C)C(=O)NCO)c2c(F)c(O)c(F)cc2n1C(=O)c1cccc(Cl)c1. The molecule has 1 aromatic heterocycles. The van der Waals surface area contributed by atoms with E-state index in [0.717, 1.165) is 10.6 Å². The van der Waals surface area contributed by atoms with Crippen LogP contribution in [0.3, 0.4) is 0 Å². The predicted octanol–water partition coefficient (Wildman–Crippen LogP) is 3.44. The van der Waals surface area contributed by atoms with Crippen molar-refractivity contribution in [2.24, 2.45) is 0 Å². The Bertz CT molecular complexity index is 1140. The summed E-state index contributed by atoms with van der Waals surface area (Å²) in [6.07, 6.45) is 0. The van der Waals surface area contributed by atoms with Gasteiger partial charge in [-0.2, -0.15) is 0 Å². The molecule has 9 heteroatoms. The molecule has 0 radical (unpaired) electrons. The van der Waals surface area contributed by atoms with Crippen molar-refractivity contribution in [3.8, 4) is 5.75 Å². The zero-order valence-electron chi connectivity index (χ0n) is 15.5. The van der Waals surface area contributed by atoms with Gasteiger partial charge in [-0.1, -0.05) is 17.7 Å². The summed E-state index contributed by atoms with van der Waals surface area (Å²) >= 11 is 5.95. The van der Waals surface area contributed by atoms with Crippen LogP contribution in [0.15, 0.2) is 30.3 Å². The molecule has 1 amide bonds. The fourth-order valence-electron chi connectivity index (χ4n) is 3.42. The number of fused-ring (bicyclic) bond motifs is 1. The summed E-state index contributed by atoms with van der Waals surface area (Å²) in [4.78, 5) is 25.4. The second-order valence-corrected chi connectivity index (χ2v) is 6.92. The van der Waals surface area contributed by atoms with E-state index in [-0.39, 0.29) is 27.7 Å². The van der Waals surface area contributed by atoms with Gasteiger partial charge in [0.2, 0.25) is 5.91 Å². The number of nitrogens with one attached hydrogen (secondary N) is 1. The molecule has 3 rings (SSSR count). The lowest BCUT2D eigenvalue weighted by molar-refractivity contribution is -0.123. The number of aliphatic hydroxyl groups excluding tert-OH is 1. The molecule has 0 saturated heterocycles. The summed E-state index contributed by atoms with van der Waals surface area (Å²) in [5, 5.41) is 20.9. The van der Waals surface area contributed by atoms with Gasteiger partial charge in [0.05, 0.1) is 11.4 Å². The Balaban J connectivity index is 2.35. The summed E-state index contributed by atoms with van der Waals surface area (Å²) in [5.74, 6) is -5.97. The smallest absolute Gasteiger partial charge is 0.262 e. The molecule has 29 heavy (non-hydrogen) atoms. The van der Waals surface area contributed by atoms with Crippen molar-refractivity contribution < 1.29 is 28.6 Å². The molecular weight excluding hydrogens is 406 g/mol. The monoisotopic (exact) mass is 422 g/mol. The van der Waals surface area contributed by atoms with Crippen LogP contribution in [0.5, 0.6) is 5.75 Å². The van der Waals surface area contributed by atoms with E-state index < -0.39 is 41.8 Å². The Hall–Kier alpha value is -2.97. The zero-order chi connectivity index (χ0) is 21.5. The number of carbonyl (C=O) groups is 2. The number of phenols is 1. The van der Waals surface area contributed by atoms with Crippen molar-refractivity contribution >= 4 is 34.3 Å². The lowest BCUT2D eigenvalue weighted by atomic mass is 9.96. The number of hydrogen-bond donors (Lipinski definition) is 3. The second-order valence-electron chi connectivity index (χ2n) is 6.49. The average molecular weight is 423 g/mol. The maximum absolute atomic E-state index is 14.8.